The van der Waals surface area contributed by atoms with Gasteiger partial charge in [0.1, 0.15) is 5.75 Å². The Morgan fingerprint density at radius 3 is 3.00 bits per heavy atom. The van der Waals surface area contributed by atoms with E-state index in [-0.39, 0.29) is 0 Å². The van der Waals surface area contributed by atoms with Gasteiger partial charge < -0.3 is 4.74 Å². The van der Waals surface area contributed by atoms with Gasteiger partial charge in [-0.3, -0.25) is 4.90 Å². The molecule has 3 heteroatoms. The van der Waals surface area contributed by atoms with Gasteiger partial charge in [0.05, 0.1) is 7.11 Å². The number of fused-ring (bicyclic) bond motifs is 3. The van der Waals surface area contributed by atoms with Crippen LogP contribution in [0.4, 0.5) is 0 Å². The number of likely N-dealkylation sites (tertiary alicyclic amines) is 1. The van der Waals surface area contributed by atoms with Crippen molar-refractivity contribution in [1.82, 2.24) is 4.90 Å². The summed E-state index contributed by atoms with van der Waals surface area (Å²) in [5.74, 6) is 1.79. The van der Waals surface area contributed by atoms with Crippen LogP contribution in [0.1, 0.15) is 41.2 Å². The number of thiophene rings is 1. The van der Waals surface area contributed by atoms with E-state index in [1.807, 2.05) is 11.3 Å². The fourth-order valence-corrected chi connectivity index (χ4v) is 5.24. The summed E-state index contributed by atoms with van der Waals surface area (Å²) in [5, 5.41) is 2.19. The fraction of sp³-hybridized carbons (Fsp3) is 0.500. The lowest BCUT2D eigenvalue weighted by Crippen LogP contribution is -2.47. The van der Waals surface area contributed by atoms with Crippen molar-refractivity contribution < 1.29 is 4.74 Å². The zero-order chi connectivity index (χ0) is 15.6. The summed E-state index contributed by atoms with van der Waals surface area (Å²) in [5.41, 5.74) is 3.03. The summed E-state index contributed by atoms with van der Waals surface area (Å²) in [6.07, 6.45) is 6.30. The first-order chi connectivity index (χ1) is 11.4. The van der Waals surface area contributed by atoms with Gasteiger partial charge in [0, 0.05) is 17.5 Å². The molecule has 1 aliphatic heterocycles. The number of benzene rings is 1. The summed E-state index contributed by atoms with van der Waals surface area (Å²) in [6.45, 7) is 2.48. The van der Waals surface area contributed by atoms with Crippen molar-refractivity contribution in [2.75, 3.05) is 20.2 Å². The van der Waals surface area contributed by atoms with Gasteiger partial charge >= 0.3 is 0 Å². The Bertz CT molecular complexity index is 652. The normalized spacial score (nSPS) is 24.0. The van der Waals surface area contributed by atoms with Crippen molar-refractivity contribution in [3.05, 3.63) is 51.7 Å². The highest BCUT2D eigenvalue weighted by molar-refractivity contribution is 7.09. The second-order valence-electron chi connectivity index (χ2n) is 6.75. The maximum Gasteiger partial charge on any atom is 0.122 e. The lowest BCUT2D eigenvalue weighted by molar-refractivity contribution is 0.113. The molecule has 4 rings (SSSR count). The highest BCUT2D eigenvalue weighted by atomic mass is 32.1. The van der Waals surface area contributed by atoms with Gasteiger partial charge in [-0.25, -0.2) is 0 Å². The van der Waals surface area contributed by atoms with Gasteiger partial charge in [0.2, 0.25) is 0 Å². The lowest BCUT2D eigenvalue weighted by atomic mass is 9.74. The Kier molecular flexibility index (Phi) is 4.41. The van der Waals surface area contributed by atoms with E-state index in [0.29, 0.717) is 5.92 Å². The van der Waals surface area contributed by atoms with E-state index < -0.39 is 0 Å². The first-order valence-electron chi connectivity index (χ1n) is 8.79. The van der Waals surface area contributed by atoms with Crippen molar-refractivity contribution in [1.29, 1.82) is 0 Å². The molecule has 23 heavy (non-hydrogen) atoms. The van der Waals surface area contributed by atoms with Crippen molar-refractivity contribution >= 4 is 11.3 Å². The molecule has 2 heterocycles. The Morgan fingerprint density at radius 1 is 1.22 bits per heavy atom. The van der Waals surface area contributed by atoms with Crippen LogP contribution >= 0.6 is 11.3 Å². The van der Waals surface area contributed by atoms with Gasteiger partial charge in [0.25, 0.3) is 0 Å². The molecule has 1 aromatic heterocycles. The van der Waals surface area contributed by atoms with Crippen LogP contribution < -0.4 is 4.74 Å². The molecule has 122 valence electrons. The quantitative estimate of drug-likeness (QED) is 0.820. The predicted octanol–water partition coefficient (Wildman–Crippen LogP) is 4.49. The van der Waals surface area contributed by atoms with E-state index >= 15 is 0 Å². The number of hydrogen-bond acceptors (Lipinski definition) is 3. The molecule has 2 aliphatic rings. The minimum Gasteiger partial charge on any atom is -0.496 e. The number of rotatable bonds is 4. The minimum absolute atomic E-state index is 0.700. The molecular formula is C20H25NOS. The topological polar surface area (TPSA) is 12.5 Å². The molecule has 1 aromatic carbocycles. The number of ether oxygens (including phenoxy) is 1. The average molecular weight is 327 g/mol. The number of hydrogen-bond donors (Lipinski definition) is 0. The van der Waals surface area contributed by atoms with E-state index in [0.717, 1.165) is 18.2 Å². The third kappa shape index (κ3) is 2.92. The summed E-state index contributed by atoms with van der Waals surface area (Å²) < 4.78 is 5.60. The molecule has 0 N–H and O–H groups in total. The zero-order valence-corrected chi connectivity index (χ0v) is 14.6. The first kappa shape index (κ1) is 15.2. The third-order valence-corrected chi connectivity index (χ3v) is 6.53. The van der Waals surface area contributed by atoms with Gasteiger partial charge in [-0.2, -0.15) is 0 Å². The van der Waals surface area contributed by atoms with Gasteiger partial charge in [-0.1, -0.05) is 18.2 Å². The molecule has 2 aromatic rings. The van der Waals surface area contributed by atoms with E-state index in [4.69, 9.17) is 4.74 Å². The molecule has 0 spiro atoms. The van der Waals surface area contributed by atoms with Crippen LogP contribution in [0.2, 0.25) is 0 Å². The number of methoxy groups -OCH3 is 1. The third-order valence-electron chi connectivity index (χ3n) is 5.60. The fourth-order valence-electron chi connectivity index (χ4n) is 4.54. The molecule has 1 saturated heterocycles. The van der Waals surface area contributed by atoms with Crippen LogP contribution in [0.3, 0.4) is 0 Å². The SMILES string of the molecule is COc1cccc2c1CC[C@H]1[C@H]2CCCN1CCc1cccs1. The number of piperidine rings is 1. The first-order valence-corrected chi connectivity index (χ1v) is 9.67. The van der Waals surface area contributed by atoms with Crippen LogP contribution in [0.25, 0.3) is 0 Å². The molecule has 0 saturated carbocycles. The molecule has 0 bridgehead atoms. The molecular weight excluding hydrogens is 302 g/mol. The zero-order valence-electron chi connectivity index (χ0n) is 13.8. The van der Waals surface area contributed by atoms with Crippen LogP contribution in [0, 0.1) is 0 Å². The highest BCUT2D eigenvalue weighted by Gasteiger charge is 2.36. The molecule has 1 fully saturated rings. The van der Waals surface area contributed by atoms with E-state index in [1.54, 1.807) is 12.7 Å². The van der Waals surface area contributed by atoms with Crippen LogP contribution in [0.15, 0.2) is 35.7 Å². The Morgan fingerprint density at radius 2 is 2.17 bits per heavy atom. The van der Waals surface area contributed by atoms with Crippen LogP contribution in [-0.2, 0) is 12.8 Å². The van der Waals surface area contributed by atoms with Gasteiger partial charge in [-0.15, -0.1) is 11.3 Å². The lowest BCUT2D eigenvalue weighted by Gasteiger charge is -2.45. The summed E-state index contributed by atoms with van der Waals surface area (Å²) in [4.78, 5) is 4.28. The van der Waals surface area contributed by atoms with Crippen molar-refractivity contribution in [3.8, 4) is 5.75 Å². The summed E-state index contributed by atoms with van der Waals surface area (Å²) in [7, 11) is 1.80. The summed E-state index contributed by atoms with van der Waals surface area (Å²) in [6, 6.07) is 11.8. The van der Waals surface area contributed by atoms with E-state index in [9.17, 15) is 0 Å². The molecule has 0 unspecified atom stereocenters. The Balaban J connectivity index is 1.53. The second-order valence-corrected chi connectivity index (χ2v) is 7.78. The predicted molar refractivity (Wildman–Crippen MR) is 96.7 cm³/mol. The minimum atomic E-state index is 0.700. The maximum atomic E-state index is 5.60. The molecule has 1 aliphatic carbocycles. The Labute approximate surface area is 143 Å². The monoisotopic (exact) mass is 327 g/mol. The van der Waals surface area contributed by atoms with E-state index in [1.165, 1.54) is 49.2 Å². The Hall–Kier alpha value is -1.32. The van der Waals surface area contributed by atoms with Gasteiger partial charge in [0.15, 0.2) is 0 Å². The molecule has 2 nitrogen and oxygen atoms in total. The van der Waals surface area contributed by atoms with E-state index in [2.05, 4.69) is 40.6 Å². The maximum absolute atomic E-state index is 5.60. The highest BCUT2D eigenvalue weighted by Crippen LogP contribution is 2.43. The average Bonchev–Trinajstić information content (AvgIpc) is 3.12. The van der Waals surface area contributed by atoms with Crippen LogP contribution in [0.5, 0.6) is 5.75 Å². The smallest absolute Gasteiger partial charge is 0.122 e. The molecule has 0 radical (unpaired) electrons. The molecule has 0 amide bonds. The summed E-state index contributed by atoms with van der Waals surface area (Å²) >= 11 is 1.89. The standard InChI is InChI=1S/C20H25NOS/c1-22-20-8-2-6-16-17-7-3-12-21(19(17)10-9-18(16)20)13-11-15-5-4-14-23-15/h2,4-6,8,14,17,19H,3,7,9-13H2,1H3/t17-,19-/m0/s1. The van der Waals surface area contributed by atoms with Crippen LogP contribution in [-0.4, -0.2) is 31.1 Å². The largest absolute Gasteiger partial charge is 0.496 e. The van der Waals surface area contributed by atoms with Crippen molar-refractivity contribution in [3.63, 3.8) is 0 Å². The van der Waals surface area contributed by atoms with Crippen molar-refractivity contribution in [2.24, 2.45) is 0 Å². The van der Waals surface area contributed by atoms with Crippen molar-refractivity contribution in [2.45, 2.75) is 44.1 Å². The van der Waals surface area contributed by atoms with Gasteiger partial charge in [-0.05, 0) is 73.2 Å². The second kappa shape index (κ2) is 6.66. The molecule has 2 atom stereocenters. The number of nitrogens with zero attached hydrogens (tertiary/aromatic N) is 1.